The average Bonchev–Trinajstić information content (AvgIpc) is 2.65. The first-order chi connectivity index (χ1) is 13.2. The maximum Gasteiger partial charge on any atom is 0.343 e. The lowest BCUT2D eigenvalue weighted by Crippen LogP contribution is -2.13. The summed E-state index contributed by atoms with van der Waals surface area (Å²) in [6.45, 7) is 6.04. The van der Waals surface area contributed by atoms with Crippen LogP contribution in [0.25, 0.3) is 10.9 Å². The summed E-state index contributed by atoms with van der Waals surface area (Å²) < 4.78 is 37.2. The van der Waals surface area contributed by atoms with Crippen LogP contribution >= 0.6 is 23.2 Å². The van der Waals surface area contributed by atoms with Crippen LogP contribution in [0.3, 0.4) is 0 Å². The lowest BCUT2D eigenvalue weighted by molar-refractivity contribution is 0.329. The Hall–Kier alpha value is -2.02. The zero-order valence-corrected chi connectivity index (χ0v) is 17.9. The van der Waals surface area contributed by atoms with E-state index in [9.17, 15) is 8.42 Å². The molecule has 0 unspecified atom stereocenters. The van der Waals surface area contributed by atoms with Crippen molar-refractivity contribution < 1.29 is 17.3 Å². The smallest absolute Gasteiger partial charge is 0.343 e. The number of pyridine rings is 1. The van der Waals surface area contributed by atoms with Crippen molar-refractivity contribution in [2.75, 3.05) is 6.61 Å². The van der Waals surface area contributed by atoms with Gasteiger partial charge in [-0.1, -0.05) is 43.1 Å². The molecule has 3 aromatic rings. The summed E-state index contributed by atoms with van der Waals surface area (Å²) in [5, 5.41) is 0.951. The van der Waals surface area contributed by atoms with Crippen molar-refractivity contribution in [3.05, 3.63) is 58.2 Å². The minimum absolute atomic E-state index is 0.0535. The molecule has 0 fully saturated rings. The Morgan fingerprint density at radius 1 is 1.11 bits per heavy atom. The summed E-state index contributed by atoms with van der Waals surface area (Å²) in [6.07, 6.45) is 1.51. The molecule has 0 saturated heterocycles. The Bertz CT molecular complexity index is 1130. The highest BCUT2D eigenvalue weighted by Crippen LogP contribution is 2.39. The van der Waals surface area contributed by atoms with E-state index in [4.69, 9.17) is 32.1 Å². The van der Waals surface area contributed by atoms with Gasteiger partial charge in [0.25, 0.3) is 0 Å². The second kappa shape index (κ2) is 8.15. The number of hydrogen-bond acceptors (Lipinski definition) is 5. The number of halogens is 2. The van der Waals surface area contributed by atoms with E-state index in [1.165, 1.54) is 12.3 Å². The molecule has 0 radical (unpaired) electrons. The van der Waals surface area contributed by atoms with Crippen molar-refractivity contribution in [2.45, 2.75) is 31.6 Å². The number of fused-ring (bicyclic) bond motifs is 1. The fraction of sp³-hybridized carbons (Fsp3) is 0.250. The first-order valence-corrected chi connectivity index (χ1v) is 10.8. The van der Waals surface area contributed by atoms with Crippen LogP contribution in [0, 0.1) is 0 Å². The normalized spacial score (nSPS) is 11.8. The maximum absolute atomic E-state index is 13.1. The van der Waals surface area contributed by atoms with Crippen LogP contribution < -0.4 is 8.92 Å². The Morgan fingerprint density at radius 3 is 2.54 bits per heavy atom. The van der Waals surface area contributed by atoms with Gasteiger partial charge in [0.2, 0.25) is 0 Å². The van der Waals surface area contributed by atoms with Gasteiger partial charge in [0, 0.05) is 11.6 Å². The third kappa shape index (κ3) is 4.04. The van der Waals surface area contributed by atoms with Crippen LogP contribution in [0.1, 0.15) is 32.3 Å². The molecule has 8 heteroatoms. The number of rotatable bonds is 6. The van der Waals surface area contributed by atoms with E-state index in [1.54, 1.807) is 31.2 Å². The molecule has 0 aliphatic heterocycles. The molecule has 0 bridgehead atoms. The molecule has 0 atom stereocenters. The Morgan fingerprint density at radius 2 is 1.86 bits per heavy atom. The van der Waals surface area contributed by atoms with Crippen molar-refractivity contribution in [3.8, 4) is 11.5 Å². The van der Waals surface area contributed by atoms with Gasteiger partial charge in [0.15, 0.2) is 5.75 Å². The first-order valence-electron chi connectivity index (χ1n) is 8.68. The lowest BCUT2D eigenvalue weighted by atomic mass is 10.0. The Balaban J connectivity index is 2.16. The summed E-state index contributed by atoms with van der Waals surface area (Å²) in [4.78, 5) is 4.14. The van der Waals surface area contributed by atoms with Gasteiger partial charge in [0.1, 0.15) is 16.2 Å². The SMILES string of the molecule is CCOc1ccc(C(C)C)cc1S(=O)(=O)Oc1c(Cl)cc(Cl)c2cccnc12. The van der Waals surface area contributed by atoms with E-state index in [1.807, 2.05) is 19.9 Å². The molecule has 0 spiro atoms. The molecule has 1 heterocycles. The highest BCUT2D eigenvalue weighted by atomic mass is 35.5. The molecule has 2 aromatic carbocycles. The van der Waals surface area contributed by atoms with Crippen molar-refractivity contribution >= 4 is 44.2 Å². The third-order valence-corrected chi connectivity index (χ3v) is 5.98. The summed E-state index contributed by atoms with van der Waals surface area (Å²) >= 11 is 12.4. The number of benzene rings is 2. The van der Waals surface area contributed by atoms with Gasteiger partial charge >= 0.3 is 10.1 Å². The van der Waals surface area contributed by atoms with Crippen LogP contribution in [0.5, 0.6) is 11.5 Å². The summed E-state index contributed by atoms with van der Waals surface area (Å²) in [5.41, 5.74) is 1.11. The fourth-order valence-electron chi connectivity index (χ4n) is 2.73. The molecular formula is C20H19Cl2NO4S. The quantitative estimate of drug-likeness (QED) is 0.451. The van der Waals surface area contributed by atoms with Crippen molar-refractivity contribution in [1.82, 2.24) is 4.98 Å². The van der Waals surface area contributed by atoms with Gasteiger partial charge in [0.05, 0.1) is 16.7 Å². The Labute approximate surface area is 174 Å². The minimum atomic E-state index is -4.24. The largest absolute Gasteiger partial charge is 0.492 e. The zero-order chi connectivity index (χ0) is 20.5. The van der Waals surface area contributed by atoms with Crippen LogP contribution in [0.4, 0.5) is 0 Å². The predicted octanol–water partition coefficient (Wildman–Crippen LogP) is 5.83. The minimum Gasteiger partial charge on any atom is -0.492 e. The van der Waals surface area contributed by atoms with Crippen LogP contribution in [0.2, 0.25) is 10.0 Å². The second-order valence-electron chi connectivity index (χ2n) is 6.40. The van der Waals surface area contributed by atoms with E-state index in [0.29, 0.717) is 17.0 Å². The average molecular weight is 440 g/mol. The highest BCUT2D eigenvalue weighted by molar-refractivity contribution is 7.87. The van der Waals surface area contributed by atoms with E-state index in [-0.39, 0.29) is 32.9 Å². The summed E-state index contributed by atoms with van der Waals surface area (Å²) in [5.74, 6) is 0.277. The van der Waals surface area contributed by atoms with Gasteiger partial charge < -0.3 is 8.92 Å². The van der Waals surface area contributed by atoms with Gasteiger partial charge in [-0.2, -0.15) is 8.42 Å². The molecule has 0 aliphatic carbocycles. The molecule has 1 aromatic heterocycles. The standard InChI is InChI=1S/C20H19Cl2NO4S/c1-4-26-17-8-7-13(12(2)3)10-18(17)28(24,25)27-20-16(22)11-15(21)14-6-5-9-23-19(14)20/h5-12H,4H2,1-3H3. The van der Waals surface area contributed by atoms with Crippen LogP contribution in [0.15, 0.2) is 47.5 Å². The fourth-order valence-corrected chi connectivity index (χ4v) is 4.47. The van der Waals surface area contributed by atoms with Gasteiger partial charge in [-0.05, 0) is 48.7 Å². The monoisotopic (exact) mass is 439 g/mol. The number of nitrogens with zero attached hydrogens (tertiary/aromatic N) is 1. The van der Waals surface area contributed by atoms with Crippen molar-refractivity contribution in [1.29, 1.82) is 0 Å². The van der Waals surface area contributed by atoms with Crippen molar-refractivity contribution in [3.63, 3.8) is 0 Å². The van der Waals surface area contributed by atoms with Crippen molar-refractivity contribution in [2.24, 2.45) is 0 Å². The second-order valence-corrected chi connectivity index (χ2v) is 8.73. The molecule has 0 N–H and O–H groups in total. The van der Waals surface area contributed by atoms with E-state index in [2.05, 4.69) is 4.98 Å². The molecule has 5 nitrogen and oxygen atoms in total. The van der Waals surface area contributed by atoms with E-state index < -0.39 is 10.1 Å². The van der Waals surface area contributed by atoms with E-state index in [0.717, 1.165) is 5.56 Å². The molecule has 3 rings (SSSR count). The molecule has 28 heavy (non-hydrogen) atoms. The molecule has 0 amide bonds. The molecule has 148 valence electrons. The van der Waals surface area contributed by atoms with Gasteiger partial charge in [-0.15, -0.1) is 0 Å². The van der Waals surface area contributed by atoms with Crippen LogP contribution in [-0.4, -0.2) is 20.0 Å². The number of aromatic nitrogens is 1. The highest BCUT2D eigenvalue weighted by Gasteiger charge is 2.26. The topological polar surface area (TPSA) is 65.5 Å². The summed E-state index contributed by atoms with van der Waals surface area (Å²) in [7, 11) is -4.24. The van der Waals surface area contributed by atoms with Crippen LogP contribution in [-0.2, 0) is 10.1 Å². The third-order valence-electron chi connectivity index (χ3n) is 4.15. The maximum atomic E-state index is 13.1. The molecular weight excluding hydrogens is 421 g/mol. The summed E-state index contributed by atoms with van der Waals surface area (Å²) in [6, 6.07) is 9.87. The van der Waals surface area contributed by atoms with Gasteiger partial charge in [-0.25, -0.2) is 0 Å². The van der Waals surface area contributed by atoms with Gasteiger partial charge in [-0.3, -0.25) is 4.98 Å². The zero-order valence-electron chi connectivity index (χ0n) is 15.6. The number of hydrogen-bond donors (Lipinski definition) is 0. The number of ether oxygens (including phenoxy) is 1. The molecule has 0 saturated carbocycles. The predicted molar refractivity (Wildman–Crippen MR) is 111 cm³/mol. The Kier molecular flexibility index (Phi) is 6.03. The lowest BCUT2D eigenvalue weighted by Gasteiger charge is -2.16. The first kappa shape index (κ1) is 20.7. The van der Waals surface area contributed by atoms with E-state index >= 15 is 0 Å². The molecule has 0 aliphatic rings.